The Labute approximate surface area is 120 Å². The fraction of sp³-hybridized carbons (Fsp3) is 0. The van der Waals surface area contributed by atoms with Crippen LogP contribution in [0.4, 0.5) is 14.6 Å². The first-order valence-corrected chi connectivity index (χ1v) is 6.42. The van der Waals surface area contributed by atoms with Crippen molar-refractivity contribution >= 4 is 5.82 Å². The molecule has 0 spiro atoms. The lowest BCUT2D eigenvalue weighted by Gasteiger charge is -2.10. The predicted molar refractivity (Wildman–Crippen MR) is 79.4 cm³/mol. The van der Waals surface area contributed by atoms with Crippen molar-refractivity contribution in [2.75, 3.05) is 5.73 Å². The minimum absolute atomic E-state index is 0.300. The van der Waals surface area contributed by atoms with Crippen LogP contribution in [0.25, 0.3) is 22.4 Å². The van der Waals surface area contributed by atoms with Crippen LogP contribution in [0, 0.1) is 11.6 Å². The Kier molecular flexibility index (Phi) is 3.36. The molecule has 0 unspecified atom stereocenters. The first kappa shape index (κ1) is 13.2. The van der Waals surface area contributed by atoms with Gasteiger partial charge in [-0.05, 0) is 54.1 Å². The van der Waals surface area contributed by atoms with Gasteiger partial charge in [0.1, 0.15) is 17.5 Å². The van der Waals surface area contributed by atoms with Gasteiger partial charge in [0.05, 0.1) is 5.69 Å². The molecule has 1 heterocycles. The van der Waals surface area contributed by atoms with Gasteiger partial charge in [0.25, 0.3) is 0 Å². The Balaban J connectivity index is 2.17. The van der Waals surface area contributed by atoms with Gasteiger partial charge in [-0.3, -0.25) is 0 Å². The van der Waals surface area contributed by atoms with Crippen molar-refractivity contribution in [3.8, 4) is 22.4 Å². The second kappa shape index (κ2) is 5.32. The molecule has 0 fully saturated rings. The van der Waals surface area contributed by atoms with E-state index in [4.69, 9.17) is 5.73 Å². The molecule has 0 amide bonds. The van der Waals surface area contributed by atoms with Crippen LogP contribution in [0.3, 0.4) is 0 Å². The standard InChI is InChI=1S/C17H12F2N2/c18-13-5-1-11(2-6-13)15-9-10-16(20)21-17(15)12-3-7-14(19)8-4-12/h1-10H,(H2,20,21). The maximum atomic E-state index is 13.1. The number of anilines is 1. The molecule has 0 atom stereocenters. The zero-order chi connectivity index (χ0) is 14.8. The van der Waals surface area contributed by atoms with Crippen molar-refractivity contribution in [2.45, 2.75) is 0 Å². The summed E-state index contributed by atoms with van der Waals surface area (Å²) in [6.45, 7) is 0. The maximum absolute atomic E-state index is 13.1. The first-order valence-electron chi connectivity index (χ1n) is 6.42. The van der Waals surface area contributed by atoms with Crippen molar-refractivity contribution in [1.82, 2.24) is 4.98 Å². The summed E-state index contributed by atoms with van der Waals surface area (Å²) in [7, 11) is 0. The zero-order valence-electron chi connectivity index (χ0n) is 11.1. The van der Waals surface area contributed by atoms with Crippen LogP contribution in [0.15, 0.2) is 60.7 Å². The van der Waals surface area contributed by atoms with E-state index < -0.39 is 0 Å². The fourth-order valence-electron chi connectivity index (χ4n) is 2.16. The molecular formula is C17H12F2N2. The van der Waals surface area contributed by atoms with Crippen LogP contribution in [0.2, 0.25) is 0 Å². The number of halogens is 2. The van der Waals surface area contributed by atoms with Crippen LogP contribution < -0.4 is 5.73 Å². The summed E-state index contributed by atoms with van der Waals surface area (Å²) >= 11 is 0. The number of hydrogen-bond donors (Lipinski definition) is 1. The number of rotatable bonds is 2. The van der Waals surface area contributed by atoms with Crippen molar-refractivity contribution in [1.29, 1.82) is 0 Å². The van der Waals surface area contributed by atoms with E-state index in [0.717, 1.165) is 16.7 Å². The van der Waals surface area contributed by atoms with E-state index in [1.165, 1.54) is 24.3 Å². The molecule has 0 radical (unpaired) electrons. The Bertz CT molecular complexity index is 766. The molecule has 2 N–H and O–H groups in total. The van der Waals surface area contributed by atoms with Gasteiger partial charge >= 0.3 is 0 Å². The van der Waals surface area contributed by atoms with Crippen molar-refractivity contribution < 1.29 is 8.78 Å². The smallest absolute Gasteiger partial charge is 0.124 e. The third kappa shape index (κ3) is 2.74. The number of aromatic nitrogens is 1. The number of nitrogens with two attached hydrogens (primary N) is 1. The monoisotopic (exact) mass is 282 g/mol. The number of benzene rings is 2. The molecule has 3 aromatic rings. The van der Waals surface area contributed by atoms with E-state index in [0.29, 0.717) is 11.5 Å². The second-order valence-electron chi connectivity index (χ2n) is 4.65. The summed E-state index contributed by atoms with van der Waals surface area (Å²) in [5, 5.41) is 0. The quantitative estimate of drug-likeness (QED) is 0.762. The van der Waals surface area contributed by atoms with Crippen LogP contribution in [0.1, 0.15) is 0 Å². The van der Waals surface area contributed by atoms with Gasteiger partial charge in [0.15, 0.2) is 0 Å². The number of hydrogen-bond acceptors (Lipinski definition) is 2. The highest BCUT2D eigenvalue weighted by Crippen LogP contribution is 2.31. The van der Waals surface area contributed by atoms with Crippen LogP contribution in [0.5, 0.6) is 0 Å². The van der Waals surface area contributed by atoms with Crippen LogP contribution in [-0.4, -0.2) is 4.98 Å². The average molecular weight is 282 g/mol. The zero-order valence-corrected chi connectivity index (χ0v) is 11.1. The fourth-order valence-corrected chi connectivity index (χ4v) is 2.16. The molecule has 0 saturated carbocycles. The van der Waals surface area contributed by atoms with Gasteiger partial charge in [0.2, 0.25) is 0 Å². The average Bonchev–Trinajstić information content (AvgIpc) is 2.49. The lowest BCUT2D eigenvalue weighted by atomic mass is 9.99. The van der Waals surface area contributed by atoms with Gasteiger partial charge in [-0.25, -0.2) is 13.8 Å². The van der Waals surface area contributed by atoms with E-state index in [1.807, 2.05) is 6.07 Å². The molecule has 4 heteroatoms. The van der Waals surface area contributed by atoms with Crippen LogP contribution >= 0.6 is 0 Å². The second-order valence-corrected chi connectivity index (χ2v) is 4.65. The Morgan fingerprint density at radius 2 is 1.19 bits per heavy atom. The summed E-state index contributed by atoms with van der Waals surface area (Å²) in [5.41, 5.74) is 8.78. The van der Waals surface area contributed by atoms with E-state index >= 15 is 0 Å². The van der Waals surface area contributed by atoms with E-state index in [9.17, 15) is 8.78 Å². The molecule has 1 aromatic heterocycles. The lowest BCUT2D eigenvalue weighted by Crippen LogP contribution is -1.95. The third-order valence-electron chi connectivity index (χ3n) is 3.19. The van der Waals surface area contributed by atoms with Crippen molar-refractivity contribution in [3.05, 3.63) is 72.3 Å². The molecule has 104 valence electrons. The third-order valence-corrected chi connectivity index (χ3v) is 3.19. The van der Waals surface area contributed by atoms with Gasteiger partial charge < -0.3 is 5.73 Å². The number of nitrogens with zero attached hydrogens (tertiary/aromatic N) is 1. The minimum Gasteiger partial charge on any atom is -0.384 e. The number of pyridine rings is 1. The SMILES string of the molecule is Nc1ccc(-c2ccc(F)cc2)c(-c2ccc(F)cc2)n1. The summed E-state index contributed by atoms with van der Waals surface area (Å²) < 4.78 is 26.1. The summed E-state index contributed by atoms with van der Waals surface area (Å²) in [6, 6.07) is 15.7. The predicted octanol–water partition coefficient (Wildman–Crippen LogP) is 4.28. The highest BCUT2D eigenvalue weighted by Gasteiger charge is 2.10. The van der Waals surface area contributed by atoms with Gasteiger partial charge in [-0.15, -0.1) is 0 Å². The minimum atomic E-state index is -0.314. The van der Waals surface area contributed by atoms with Gasteiger partial charge in [-0.2, -0.15) is 0 Å². The topological polar surface area (TPSA) is 38.9 Å². The molecule has 21 heavy (non-hydrogen) atoms. The molecule has 2 aromatic carbocycles. The lowest BCUT2D eigenvalue weighted by molar-refractivity contribution is 0.627. The van der Waals surface area contributed by atoms with E-state index in [1.54, 1.807) is 30.3 Å². The Morgan fingerprint density at radius 1 is 0.667 bits per heavy atom. The normalized spacial score (nSPS) is 10.6. The molecule has 0 aliphatic rings. The highest BCUT2D eigenvalue weighted by molar-refractivity contribution is 5.81. The summed E-state index contributed by atoms with van der Waals surface area (Å²) in [4.78, 5) is 4.33. The molecule has 0 bridgehead atoms. The molecular weight excluding hydrogens is 270 g/mol. The Morgan fingerprint density at radius 3 is 1.76 bits per heavy atom. The number of nitrogen functional groups attached to an aromatic ring is 1. The highest BCUT2D eigenvalue weighted by atomic mass is 19.1. The van der Waals surface area contributed by atoms with Crippen molar-refractivity contribution in [2.24, 2.45) is 0 Å². The Hall–Kier alpha value is -2.75. The van der Waals surface area contributed by atoms with E-state index in [-0.39, 0.29) is 11.6 Å². The maximum Gasteiger partial charge on any atom is 0.124 e. The summed E-state index contributed by atoms with van der Waals surface area (Å²) in [6.07, 6.45) is 0. The van der Waals surface area contributed by atoms with Gasteiger partial charge in [-0.1, -0.05) is 12.1 Å². The van der Waals surface area contributed by atoms with E-state index in [2.05, 4.69) is 4.98 Å². The van der Waals surface area contributed by atoms with Gasteiger partial charge in [0, 0.05) is 11.1 Å². The molecule has 0 saturated heterocycles. The van der Waals surface area contributed by atoms with Crippen LogP contribution in [-0.2, 0) is 0 Å². The largest absolute Gasteiger partial charge is 0.384 e. The molecule has 0 aliphatic carbocycles. The van der Waals surface area contributed by atoms with Crippen molar-refractivity contribution in [3.63, 3.8) is 0 Å². The molecule has 2 nitrogen and oxygen atoms in total. The summed E-state index contributed by atoms with van der Waals surface area (Å²) in [5.74, 6) is -0.239. The first-order chi connectivity index (χ1) is 10.1. The molecule has 0 aliphatic heterocycles. The molecule has 3 rings (SSSR count).